The summed E-state index contributed by atoms with van der Waals surface area (Å²) in [5, 5.41) is 10.0. The van der Waals surface area contributed by atoms with Crippen LogP contribution in [0.25, 0.3) is 0 Å². The molecule has 0 spiro atoms. The molecule has 0 bridgehead atoms. The summed E-state index contributed by atoms with van der Waals surface area (Å²) >= 11 is 0. The van der Waals surface area contributed by atoms with Crippen molar-refractivity contribution < 1.29 is 18.1 Å². The van der Waals surface area contributed by atoms with Crippen molar-refractivity contribution in [3.05, 3.63) is 39.9 Å². The van der Waals surface area contributed by atoms with Crippen molar-refractivity contribution in [2.45, 2.75) is 26.0 Å². The lowest BCUT2D eigenvalue weighted by Gasteiger charge is -2.15. The van der Waals surface area contributed by atoms with Crippen molar-refractivity contribution >= 4 is 21.3 Å². The van der Waals surface area contributed by atoms with E-state index in [0.29, 0.717) is 0 Å². The first-order chi connectivity index (χ1) is 9.15. The Balaban J connectivity index is 2.97. The molecule has 0 saturated carbocycles. The Labute approximate surface area is 117 Å². The molecule has 0 aliphatic carbocycles. The Morgan fingerprint density at radius 1 is 1.30 bits per heavy atom. The van der Waals surface area contributed by atoms with E-state index in [2.05, 4.69) is 0 Å². The number of sulfone groups is 1. The smallest absolute Gasteiger partial charge is 0.270 e. The van der Waals surface area contributed by atoms with Gasteiger partial charge in [0.05, 0.1) is 10.2 Å². The molecule has 7 heteroatoms. The minimum absolute atomic E-state index is 0.0405. The summed E-state index contributed by atoms with van der Waals surface area (Å²) in [6.07, 6.45) is 0. The van der Waals surface area contributed by atoms with Gasteiger partial charge < -0.3 is 0 Å². The summed E-state index contributed by atoms with van der Waals surface area (Å²) in [5.41, 5.74) is -0.191. The predicted octanol–water partition coefficient (Wildman–Crippen LogP) is 2.24. The number of ketones is 1. The lowest BCUT2D eigenvalue weighted by atomic mass is 10.1. The van der Waals surface area contributed by atoms with Gasteiger partial charge in [0.15, 0.2) is 15.6 Å². The molecule has 1 rings (SSSR count). The molecule has 0 heterocycles. The van der Waals surface area contributed by atoms with E-state index < -0.39 is 31.5 Å². The van der Waals surface area contributed by atoms with Crippen LogP contribution in [0.4, 0.5) is 5.69 Å². The number of carbonyl (C=O) groups is 1. The molecule has 6 nitrogen and oxygen atoms in total. The van der Waals surface area contributed by atoms with Gasteiger partial charge in [-0.05, 0) is 12.8 Å². The Bertz CT molecular complexity index is 621. The average molecular weight is 299 g/mol. The summed E-state index contributed by atoms with van der Waals surface area (Å²) in [6.45, 7) is 5.08. The minimum Gasteiger partial charge on any atom is -0.293 e. The van der Waals surface area contributed by atoms with Gasteiger partial charge in [-0.25, -0.2) is 8.42 Å². The van der Waals surface area contributed by atoms with E-state index in [-0.39, 0.29) is 17.2 Å². The van der Waals surface area contributed by atoms with E-state index in [1.54, 1.807) is 20.8 Å². The number of non-ortho nitro benzene ring substituents is 1. The highest BCUT2D eigenvalue weighted by atomic mass is 32.2. The second-order valence-electron chi connectivity index (χ2n) is 4.99. The molecule has 0 aliphatic heterocycles. The monoisotopic (exact) mass is 299 g/mol. The zero-order valence-corrected chi connectivity index (χ0v) is 12.4. The molecule has 0 amide bonds. The zero-order valence-electron chi connectivity index (χ0n) is 11.6. The maximum Gasteiger partial charge on any atom is 0.270 e. The largest absolute Gasteiger partial charge is 0.293 e. The summed E-state index contributed by atoms with van der Waals surface area (Å²) < 4.78 is 24.0. The molecule has 1 aromatic rings. The van der Waals surface area contributed by atoms with Gasteiger partial charge in [-0.2, -0.15) is 0 Å². The van der Waals surface area contributed by atoms with Gasteiger partial charge in [-0.3, -0.25) is 14.9 Å². The fourth-order valence-corrected chi connectivity index (χ4v) is 3.23. The molecular weight excluding hydrogens is 282 g/mol. The number of rotatable bonds is 6. The molecule has 0 fully saturated rings. The summed E-state index contributed by atoms with van der Waals surface area (Å²) in [5.74, 6) is -1.35. The van der Waals surface area contributed by atoms with Crippen molar-refractivity contribution in [1.82, 2.24) is 0 Å². The highest BCUT2D eigenvalue weighted by Crippen LogP contribution is 2.17. The van der Waals surface area contributed by atoms with Gasteiger partial charge in [0.25, 0.3) is 5.69 Å². The lowest BCUT2D eigenvalue weighted by Crippen LogP contribution is -2.29. The van der Waals surface area contributed by atoms with Crippen molar-refractivity contribution in [3.63, 3.8) is 0 Å². The van der Waals surface area contributed by atoms with Crippen LogP contribution >= 0.6 is 0 Å². The Morgan fingerprint density at radius 3 is 2.40 bits per heavy atom. The molecule has 0 aliphatic rings. The number of carbonyl (C=O) groups excluding carboxylic acids is 1. The van der Waals surface area contributed by atoms with Crippen LogP contribution in [0, 0.1) is 16.0 Å². The van der Waals surface area contributed by atoms with Crippen LogP contribution in [0.1, 0.15) is 31.1 Å². The number of nitrogens with zero attached hydrogens (tertiary/aromatic N) is 1. The lowest BCUT2D eigenvalue weighted by molar-refractivity contribution is -0.384. The van der Waals surface area contributed by atoms with Crippen LogP contribution in [0.5, 0.6) is 0 Å². The van der Waals surface area contributed by atoms with Crippen molar-refractivity contribution in [2.75, 3.05) is 5.75 Å². The van der Waals surface area contributed by atoms with Gasteiger partial charge in [0, 0.05) is 17.7 Å². The quantitative estimate of drug-likeness (QED) is 0.456. The molecule has 1 atom stereocenters. The topological polar surface area (TPSA) is 94.3 Å². The summed E-state index contributed by atoms with van der Waals surface area (Å²) in [4.78, 5) is 22.0. The molecule has 0 aromatic heterocycles. The van der Waals surface area contributed by atoms with E-state index in [9.17, 15) is 23.3 Å². The second-order valence-corrected chi connectivity index (χ2v) is 7.34. The van der Waals surface area contributed by atoms with Crippen molar-refractivity contribution in [3.8, 4) is 0 Å². The molecule has 1 unspecified atom stereocenters. The molecular formula is C13H17NO5S. The van der Waals surface area contributed by atoms with Crippen molar-refractivity contribution in [1.29, 1.82) is 0 Å². The Hall–Kier alpha value is -1.76. The van der Waals surface area contributed by atoms with Gasteiger partial charge in [-0.1, -0.05) is 26.0 Å². The first-order valence-electron chi connectivity index (χ1n) is 6.14. The van der Waals surface area contributed by atoms with E-state index in [4.69, 9.17) is 0 Å². The fraction of sp³-hybridized carbons (Fsp3) is 0.462. The predicted molar refractivity (Wildman–Crippen MR) is 75.5 cm³/mol. The number of hydrogen-bond acceptors (Lipinski definition) is 5. The van der Waals surface area contributed by atoms with Crippen LogP contribution in [0.3, 0.4) is 0 Å². The number of nitro groups is 1. The summed E-state index contributed by atoms with van der Waals surface area (Å²) in [6, 6.07) is 5.09. The number of benzene rings is 1. The van der Waals surface area contributed by atoms with E-state index in [1.807, 2.05) is 0 Å². The standard InChI is InChI=1S/C13H17NO5S/c1-9(2)10(3)20(18,19)8-13(15)11-5-4-6-12(7-11)14(16)17/h4-7,9-10H,8H2,1-3H3. The molecule has 0 radical (unpaired) electrons. The van der Waals surface area contributed by atoms with E-state index >= 15 is 0 Å². The van der Waals surface area contributed by atoms with Crippen molar-refractivity contribution in [2.24, 2.45) is 5.92 Å². The highest BCUT2D eigenvalue weighted by molar-refractivity contribution is 7.92. The number of hydrogen-bond donors (Lipinski definition) is 0. The number of Topliss-reactive ketones (excluding diaryl/α,β-unsaturated/α-hetero) is 1. The molecule has 0 N–H and O–H groups in total. The zero-order chi connectivity index (χ0) is 15.5. The molecule has 110 valence electrons. The van der Waals surface area contributed by atoms with E-state index in [1.165, 1.54) is 18.2 Å². The first-order valence-corrected chi connectivity index (χ1v) is 7.86. The highest BCUT2D eigenvalue weighted by Gasteiger charge is 2.27. The third-order valence-corrected chi connectivity index (χ3v) is 5.56. The first kappa shape index (κ1) is 16.3. The van der Waals surface area contributed by atoms with Crippen LogP contribution < -0.4 is 0 Å². The minimum atomic E-state index is -3.56. The molecule has 0 saturated heterocycles. The fourth-order valence-electron chi connectivity index (χ4n) is 1.61. The third kappa shape index (κ3) is 3.86. The maximum atomic E-state index is 12.0. The summed E-state index contributed by atoms with van der Waals surface area (Å²) in [7, 11) is -3.56. The normalized spacial score (nSPS) is 13.2. The third-order valence-electron chi connectivity index (χ3n) is 3.22. The van der Waals surface area contributed by atoms with Gasteiger partial charge in [0.1, 0.15) is 5.75 Å². The SMILES string of the molecule is CC(C)C(C)S(=O)(=O)CC(=O)c1cccc([N+](=O)[O-])c1. The van der Waals surface area contributed by atoms with Crippen LogP contribution in [-0.4, -0.2) is 30.1 Å². The van der Waals surface area contributed by atoms with E-state index in [0.717, 1.165) is 6.07 Å². The second kappa shape index (κ2) is 6.13. The van der Waals surface area contributed by atoms with Gasteiger partial charge >= 0.3 is 0 Å². The Kier molecular flexibility index (Phi) is 4.99. The van der Waals surface area contributed by atoms with Crippen LogP contribution in [0.15, 0.2) is 24.3 Å². The van der Waals surface area contributed by atoms with Crippen LogP contribution in [-0.2, 0) is 9.84 Å². The van der Waals surface area contributed by atoms with Gasteiger partial charge in [-0.15, -0.1) is 0 Å². The maximum absolute atomic E-state index is 12.0. The number of nitro benzene ring substituents is 1. The van der Waals surface area contributed by atoms with Crippen LogP contribution in [0.2, 0.25) is 0 Å². The molecule has 1 aromatic carbocycles. The Morgan fingerprint density at radius 2 is 1.90 bits per heavy atom. The van der Waals surface area contributed by atoms with Gasteiger partial charge in [0.2, 0.25) is 0 Å². The average Bonchev–Trinajstić information content (AvgIpc) is 2.37. The molecule has 20 heavy (non-hydrogen) atoms.